The molecule has 0 spiro atoms. The third-order valence-electron chi connectivity index (χ3n) is 5.01. The van der Waals surface area contributed by atoms with E-state index in [1.807, 2.05) is 53.6 Å². The van der Waals surface area contributed by atoms with Crippen molar-refractivity contribution in [1.29, 1.82) is 0 Å². The minimum Gasteiger partial charge on any atom is -0.345 e. The molecule has 0 aliphatic rings. The van der Waals surface area contributed by atoms with Crippen molar-refractivity contribution in [1.82, 2.24) is 9.47 Å². The molecule has 0 saturated carbocycles. The zero-order chi connectivity index (χ0) is 20.1. The van der Waals surface area contributed by atoms with Gasteiger partial charge in [0.25, 0.3) is 5.91 Å². The molecule has 3 rings (SSSR count). The molecular weight excluding hydrogens is 391 g/mol. The lowest BCUT2D eigenvalue weighted by Crippen LogP contribution is -2.38. The average molecular weight is 415 g/mol. The summed E-state index contributed by atoms with van der Waals surface area (Å²) in [5.41, 5.74) is 2.73. The topological polar surface area (TPSA) is 25.2 Å². The van der Waals surface area contributed by atoms with Crippen LogP contribution in [0.3, 0.4) is 0 Å². The Bertz CT molecular complexity index is 951. The molecule has 0 fully saturated rings. The lowest BCUT2D eigenvalue weighted by molar-refractivity contribution is 0.0667. The van der Waals surface area contributed by atoms with Crippen LogP contribution in [0.25, 0.3) is 0 Å². The summed E-state index contributed by atoms with van der Waals surface area (Å²) in [6, 6.07) is 19.1. The summed E-state index contributed by atoms with van der Waals surface area (Å²) in [5, 5.41) is 1.31. The summed E-state index contributed by atoms with van der Waals surface area (Å²) in [5.74, 6) is -0.0117. The minimum absolute atomic E-state index is 0.0117. The molecule has 0 aliphatic carbocycles. The van der Waals surface area contributed by atoms with Crippen LogP contribution in [0.5, 0.6) is 0 Å². The fraction of sp³-hybridized carbons (Fsp3) is 0.261. The first-order valence-corrected chi connectivity index (χ1v) is 10.2. The van der Waals surface area contributed by atoms with Gasteiger partial charge < -0.3 is 9.47 Å². The van der Waals surface area contributed by atoms with Crippen LogP contribution < -0.4 is 0 Å². The third kappa shape index (κ3) is 4.78. The Labute approximate surface area is 176 Å². The molecule has 0 radical (unpaired) electrons. The average Bonchev–Trinajstić information content (AvgIpc) is 3.13. The van der Waals surface area contributed by atoms with E-state index < -0.39 is 0 Å². The maximum Gasteiger partial charge on any atom is 0.254 e. The summed E-state index contributed by atoms with van der Waals surface area (Å²) in [4.78, 5) is 15.1. The smallest absolute Gasteiger partial charge is 0.254 e. The maximum atomic E-state index is 13.2. The number of benzene rings is 2. The van der Waals surface area contributed by atoms with Crippen molar-refractivity contribution >= 4 is 29.1 Å². The molecule has 3 aromatic rings. The number of hydrogen-bond donors (Lipinski definition) is 0. The summed E-state index contributed by atoms with van der Waals surface area (Å²) >= 11 is 12.4. The molecule has 0 aliphatic heterocycles. The summed E-state index contributed by atoms with van der Waals surface area (Å²) in [6.45, 7) is 5.36. The van der Waals surface area contributed by atoms with E-state index in [2.05, 4.69) is 24.5 Å². The van der Waals surface area contributed by atoms with Crippen LogP contribution in [-0.2, 0) is 13.1 Å². The highest BCUT2D eigenvalue weighted by Gasteiger charge is 2.22. The van der Waals surface area contributed by atoms with Gasteiger partial charge in [0.2, 0.25) is 0 Å². The highest BCUT2D eigenvalue weighted by atomic mass is 35.5. The van der Waals surface area contributed by atoms with Crippen LogP contribution in [0.15, 0.2) is 66.9 Å². The highest BCUT2D eigenvalue weighted by Crippen LogP contribution is 2.21. The van der Waals surface area contributed by atoms with Gasteiger partial charge in [-0.2, -0.15) is 0 Å². The van der Waals surface area contributed by atoms with Gasteiger partial charge in [-0.25, -0.2) is 0 Å². The fourth-order valence-corrected chi connectivity index (χ4v) is 3.55. The van der Waals surface area contributed by atoms with Crippen LogP contribution >= 0.6 is 23.2 Å². The maximum absolute atomic E-state index is 13.2. The molecule has 1 heterocycles. The monoisotopic (exact) mass is 414 g/mol. The van der Waals surface area contributed by atoms with E-state index in [9.17, 15) is 4.79 Å². The van der Waals surface area contributed by atoms with Crippen molar-refractivity contribution in [2.24, 2.45) is 0 Å². The SMILES string of the molecule is CC[C@H](C)N(Cc1cccn1Cc1ccccc1Cl)C(=O)c1cccc(Cl)c1. The van der Waals surface area contributed by atoms with Gasteiger partial charge in [0, 0.05) is 40.1 Å². The van der Waals surface area contributed by atoms with Crippen LogP contribution in [0, 0.1) is 0 Å². The molecule has 1 atom stereocenters. The van der Waals surface area contributed by atoms with Gasteiger partial charge in [-0.1, -0.05) is 54.4 Å². The first-order chi connectivity index (χ1) is 13.5. The van der Waals surface area contributed by atoms with Crippen molar-refractivity contribution in [3.8, 4) is 0 Å². The van der Waals surface area contributed by atoms with Crippen molar-refractivity contribution in [2.45, 2.75) is 39.4 Å². The van der Waals surface area contributed by atoms with Crippen LogP contribution in [0.4, 0.5) is 0 Å². The zero-order valence-electron chi connectivity index (χ0n) is 16.1. The van der Waals surface area contributed by atoms with E-state index in [0.717, 1.165) is 22.7 Å². The second-order valence-corrected chi connectivity index (χ2v) is 7.76. The third-order valence-corrected chi connectivity index (χ3v) is 5.61. The summed E-state index contributed by atoms with van der Waals surface area (Å²) in [6.07, 6.45) is 2.90. The quantitative estimate of drug-likeness (QED) is 0.446. The number of nitrogens with zero attached hydrogens (tertiary/aromatic N) is 2. The molecule has 1 aromatic heterocycles. The molecule has 3 nitrogen and oxygen atoms in total. The molecule has 0 saturated heterocycles. The van der Waals surface area contributed by atoms with E-state index in [-0.39, 0.29) is 11.9 Å². The predicted octanol–water partition coefficient (Wildman–Crippen LogP) is 6.28. The van der Waals surface area contributed by atoms with Gasteiger partial charge in [0.15, 0.2) is 0 Å². The van der Waals surface area contributed by atoms with Gasteiger partial charge in [0.05, 0.1) is 6.54 Å². The Balaban J connectivity index is 1.85. The number of carbonyl (C=O) groups is 1. The molecule has 0 bridgehead atoms. The van der Waals surface area contributed by atoms with Gasteiger partial charge in [-0.05, 0) is 55.3 Å². The van der Waals surface area contributed by atoms with Gasteiger partial charge in [-0.3, -0.25) is 4.79 Å². The number of rotatable bonds is 7. The summed E-state index contributed by atoms with van der Waals surface area (Å²) in [7, 11) is 0. The fourth-order valence-electron chi connectivity index (χ4n) is 3.17. The van der Waals surface area contributed by atoms with Crippen molar-refractivity contribution < 1.29 is 4.79 Å². The Kier molecular flexibility index (Phi) is 6.82. The minimum atomic E-state index is -0.0117. The predicted molar refractivity (Wildman–Crippen MR) is 116 cm³/mol. The first-order valence-electron chi connectivity index (χ1n) is 9.43. The van der Waals surface area contributed by atoms with Gasteiger partial charge >= 0.3 is 0 Å². The standard InChI is InChI=1S/C23H24Cl2N2O/c1-3-17(2)27(23(28)18-9-6-10-20(24)14-18)16-21-11-7-13-26(21)15-19-8-4-5-12-22(19)25/h4-14,17H,3,15-16H2,1-2H3/t17-/m0/s1. The Morgan fingerprint density at radius 3 is 2.57 bits per heavy atom. The molecular formula is C23H24Cl2N2O. The van der Waals surface area contributed by atoms with Crippen LogP contribution in [0.2, 0.25) is 10.0 Å². The molecule has 28 heavy (non-hydrogen) atoms. The Morgan fingerprint density at radius 2 is 1.86 bits per heavy atom. The number of carbonyl (C=O) groups excluding carboxylic acids is 1. The second kappa shape index (κ2) is 9.31. The molecule has 146 valence electrons. The molecule has 0 unspecified atom stereocenters. The molecule has 1 amide bonds. The van der Waals surface area contributed by atoms with Crippen LogP contribution in [0.1, 0.15) is 41.9 Å². The van der Waals surface area contributed by atoms with E-state index in [1.54, 1.807) is 12.1 Å². The number of hydrogen-bond acceptors (Lipinski definition) is 1. The Morgan fingerprint density at radius 1 is 1.07 bits per heavy atom. The number of halogens is 2. The summed E-state index contributed by atoms with van der Waals surface area (Å²) < 4.78 is 2.14. The Hall–Kier alpha value is -2.23. The lowest BCUT2D eigenvalue weighted by atomic mass is 10.1. The highest BCUT2D eigenvalue weighted by molar-refractivity contribution is 6.31. The van der Waals surface area contributed by atoms with E-state index in [1.165, 1.54) is 0 Å². The number of aromatic nitrogens is 1. The van der Waals surface area contributed by atoms with Crippen LogP contribution in [-0.4, -0.2) is 21.4 Å². The number of amides is 1. The van der Waals surface area contributed by atoms with Gasteiger partial charge in [0.1, 0.15) is 0 Å². The van der Waals surface area contributed by atoms with Crippen molar-refractivity contribution in [3.63, 3.8) is 0 Å². The lowest BCUT2D eigenvalue weighted by Gasteiger charge is -2.29. The van der Waals surface area contributed by atoms with E-state index in [0.29, 0.717) is 23.7 Å². The van der Waals surface area contributed by atoms with Crippen molar-refractivity contribution in [3.05, 3.63) is 93.7 Å². The largest absolute Gasteiger partial charge is 0.345 e. The van der Waals surface area contributed by atoms with Crippen molar-refractivity contribution in [2.75, 3.05) is 0 Å². The second-order valence-electron chi connectivity index (χ2n) is 6.92. The normalized spacial score (nSPS) is 12.0. The first kappa shape index (κ1) is 20.5. The molecule has 2 aromatic carbocycles. The molecule has 0 N–H and O–H groups in total. The van der Waals surface area contributed by atoms with Gasteiger partial charge in [-0.15, -0.1) is 0 Å². The molecule has 5 heteroatoms. The zero-order valence-corrected chi connectivity index (χ0v) is 17.6. The van der Waals surface area contributed by atoms with E-state index >= 15 is 0 Å². The van der Waals surface area contributed by atoms with E-state index in [4.69, 9.17) is 23.2 Å².